The molecule has 100 valence electrons. The molecule has 19 heavy (non-hydrogen) atoms. The van der Waals surface area contributed by atoms with Gasteiger partial charge in [0, 0.05) is 11.5 Å². The standard InChI is InChI=1S/C11H13BFN3O3/c13-8-5-10-9(4-7(8)12(18)19)14-15-16(10)6-11(17)2-1-3-11/h4-5,17-19H,1-3,6H2. The molecule has 3 N–H and O–H groups in total. The lowest BCUT2D eigenvalue weighted by Gasteiger charge is -2.36. The summed E-state index contributed by atoms with van der Waals surface area (Å²) in [6.45, 7) is 0.268. The van der Waals surface area contributed by atoms with Crippen LogP contribution in [0.1, 0.15) is 19.3 Å². The summed E-state index contributed by atoms with van der Waals surface area (Å²) in [5.41, 5.74) is -0.219. The van der Waals surface area contributed by atoms with Crippen LogP contribution in [0.25, 0.3) is 11.0 Å². The molecule has 3 rings (SSSR count). The van der Waals surface area contributed by atoms with Crippen LogP contribution in [0.2, 0.25) is 0 Å². The first-order chi connectivity index (χ1) is 8.98. The maximum Gasteiger partial charge on any atom is 0.491 e. The van der Waals surface area contributed by atoms with Crippen molar-refractivity contribution >= 4 is 23.6 Å². The molecule has 1 heterocycles. The van der Waals surface area contributed by atoms with E-state index in [0.717, 1.165) is 12.5 Å². The molecule has 0 unspecified atom stereocenters. The topological polar surface area (TPSA) is 91.4 Å². The lowest BCUT2D eigenvalue weighted by molar-refractivity contribution is -0.0492. The SMILES string of the molecule is OB(O)c1cc2nnn(CC3(O)CCC3)c2cc1F. The molecule has 0 aliphatic heterocycles. The number of hydrogen-bond donors (Lipinski definition) is 3. The summed E-state index contributed by atoms with van der Waals surface area (Å²) >= 11 is 0. The number of halogens is 1. The van der Waals surface area contributed by atoms with Gasteiger partial charge in [-0.1, -0.05) is 5.21 Å². The van der Waals surface area contributed by atoms with E-state index in [0.29, 0.717) is 23.9 Å². The van der Waals surface area contributed by atoms with Gasteiger partial charge in [0.25, 0.3) is 0 Å². The second-order valence-corrected chi connectivity index (χ2v) is 5.06. The van der Waals surface area contributed by atoms with Crippen molar-refractivity contribution in [2.75, 3.05) is 0 Å². The molecule has 0 amide bonds. The third-order valence-corrected chi connectivity index (χ3v) is 3.64. The van der Waals surface area contributed by atoms with Gasteiger partial charge in [-0.2, -0.15) is 0 Å². The van der Waals surface area contributed by atoms with Gasteiger partial charge in [0.2, 0.25) is 0 Å². The lowest BCUT2D eigenvalue weighted by atomic mass is 9.79. The van der Waals surface area contributed by atoms with Gasteiger partial charge in [-0.15, -0.1) is 5.10 Å². The molecule has 1 aromatic carbocycles. The molecule has 2 aromatic rings. The third-order valence-electron chi connectivity index (χ3n) is 3.64. The molecule has 0 bridgehead atoms. The van der Waals surface area contributed by atoms with Crippen LogP contribution in [-0.4, -0.2) is 42.9 Å². The normalized spacial score (nSPS) is 17.5. The van der Waals surface area contributed by atoms with E-state index in [-0.39, 0.29) is 12.0 Å². The van der Waals surface area contributed by atoms with Crippen molar-refractivity contribution in [3.63, 3.8) is 0 Å². The van der Waals surface area contributed by atoms with Crippen LogP contribution in [0.4, 0.5) is 4.39 Å². The Morgan fingerprint density at radius 3 is 2.68 bits per heavy atom. The average molecular weight is 265 g/mol. The summed E-state index contributed by atoms with van der Waals surface area (Å²) in [6.07, 6.45) is 2.37. The first-order valence-electron chi connectivity index (χ1n) is 6.10. The quantitative estimate of drug-likeness (QED) is 0.630. The number of benzene rings is 1. The fraction of sp³-hybridized carbons (Fsp3) is 0.455. The van der Waals surface area contributed by atoms with E-state index < -0.39 is 18.5 Å². The fourth-order valence-corrected chi connectivity index (χ4v) is 2.34. The van der Waals surface area contributed by atoms with Gasteiger partial charge < -0.3 is 15.2 Å². The molecule has 8 heteroatoms. The highest BCUT2D eigenvalue weighted by Crippen LogP contribution is 2.33. The zero-order valence-corrected chi connectivity index (χ0v) is 10.1. The highest BCUT2D eigenvalue weighted by Gasteiger charge is 2.35. The highest BCUT2D eigenvalue weighted by atomic mass is 19.1. The zero-order chi connectivity index (χ0) is 13.6. The Morgan fingerprint density at radius 2 is 2.11 bits per heavy atom. The van der Waals surface area contributed by atoms with Gasteiger partial charge in [-0.05, 0) is 25.3 Å². The van der Waals surface area contributed by atoms with Gasteiger partial charge in [0.05, 0.1) is 17.7 Å². The lowest BCUT2D eigenvalue weighted by Crippen LogP contribution is -2.41. The second-order valence-electron chi connectivity index (χ2n) is 5.06. The molecular weight excluding hydrogens is 252 g/mol. The minimum Gasteiger partial charge on any atom is -0.423 e. The Balaban J connectivity index is 2.01. The van der Waals surface area contributed by atoms with Crippen LogP contribution >= 0.6 is 0 Å². The molecule has 0 saturated heterocycles. The third kappa shape index (κ3) is 2.11. The second kappa shape index (κ2) is 4.26. The minimum atomic E-state index is -1.88. The van der Waals surface area contributed by atoms with E-state index in [4.69, 9.17) is 10.0 Å². The Morgan fingerprint density at radius 1 is 1.37 bits per heavy atom. The van der Waals surface area contributed by atoms with Crippen molar-refractivity contribution in [1.29, 1.82) is 0 Å². The maximum absolute atomic E-state index is 13.7. The van der Waals surface area contributed by atoms with Crippen LogP contribution in [0, 0.1) is 5.82 Å². The van der Waals surface area contributed by atoms with E-state index in [1.54, 1.807) is 0 Å². The Labute approximate surface area is 108 Å². The first kappa shape index (κ1) is 12.5. The van der Waals surface area contributed by atoms with E-state index in [1.165, 1.54) is 10.7 Å². The largest absolute Gasteiger partial charge is 0.491 e. The number of nitrogens with zero attached hydrogens (tertiary/aromatic N) is 3. The van der Waals surface area contributed by atoms with E-state index in [2.05, 4.69) is 10.3 Å². The van der Waals surface area contributed by atoms with E-state index in [9.17, 15) is 9.50 Å². The number of rotatable bonds is 3. The molecule has 0 radical (unpaired) electrons. The van der Waals surface area contributed by atoms with Gasteiger partial charge in [-0.25, -0.2) is 9.07 Å². The fourth-order valence-electron chi connectivity index (χ4n) is 2.34. The molecule has 1 aliphatic carbocycles. The summed E-state index contributed by atoms with van der Waals surface area (Å²) in [7, 11) is -1.88. The number of aromatic nitrogens is 3. The molecule has 6 nitrogen and oxygen atoms in total. The number of fused-ring (bicyclic) bond motifs is 1. The molecule has 1 fully saturated rings. The van der Waals surface area contributed by atoms with Gasteiger partial charge in [0.1, 0.15) is 11.3 Å². The summed E-state index contributed by atoms with van der Waals surface area (Å²) in [6, 6.07) is 2.41. The molecule has 1 saturated carbocycles. The summed E-state index contributed by atoms with van der Waals surface area (Å²) in [5, 5.41) is 35.9. The predicted molar refractivity (Wildman–Crippen MR) is 66.1 cm³/mol. The van der Waals surface area contributed by atoms with Gasteiger partial charge in [-0.3, -0.25) is 0 Å². The minimum absolute atomic E-state index is 0.234. The van der Waals surface area contributed by atoms with Crippen molar-refractivity contribution < 1.29 is 19.5 Å². The zero-order valence-electron chi connectivity index (χ0n) is 10.1. The van der Waals surface area contributed by atoms with Gasteiger partial charge >= 0.3 is 7.12 Å². The number of aliphatic hydroxyl groups is 1. The van der Waals surface area contributed by atoms with Crippen LogP contribution in [0.15, 0.2) is 12.1 Å². The van der Waals surface area contributed by atoms with Crippen LogP contribution in [-0.2, 0) is 6.54 Å². The van der Waals surface area contributed by atoms with Crippen molar-refractivity contribution in [3.05, 3.63) is 17.9 Å². The maximum atomic E-state index is 13.7. The summed E-state index contributed by atoms with van der Waals surface area (Å²) in [5.74, 6) is -0.730. The molecule has 1 aromatic heterocycles. The van der Waals surface area contributed by atoms with E-state index >= 15 is 0 Å². The van der Waals surface area contributed by atoms with Crippen LogP contribution in [0.5, 0.6) is 0 Å². The highest BCUT2D eigenvalue weighted by molar-refractivity contribution is 6.59. The average Bonchev–Trinajstić information content (AvgIpc) is 2.68. The predicted octanol–water partition coefficient (Wildman–Crippen LogP) is -0.835. The van der Waals surface area contributed by atoms with Crippen molar-refractivity contribution in [1.82, 2.24) is 15.0 Å². The summed E-state index contributed by atoms with van der Waals surface area (Å²) < 4.78 is 15.2. The Kier molecular flexibility index (Phi) is 2.81. The Bertz CT molecular complexity index is 627. The first-order valence-corrected chi connectivity index (χ1v) is 6.10. The number of hydrogen-bond acceptors (Lipinski definition) is 5. The Hall–Kier alpha value is -1.51. The molecule has 0 spiro atoms. The smallest absolute Gasteiger partial charge is 0.423 e. The molecular formula is C11H13BFN3O3. The monoisotopic (exact) mass is 265 g/mol. The summed E-state index contributed by atoms with van der Waals surface area (Å²) in [4.78, 5) is 0. The molecule has 1 aliphatic rings. The van der Waals surface area contributed by atoms with Crippen molar-refractivity contribution in [2.24, 2.45) is 0 Å². The van der Waals surface area contributed by atoms with Crippen LogP contribution < -0.4 is 5.46 Å². The van der Waals surface area contributed by atoms with Gasteiger partial charge in [0.15, 0.2) is 0 Å². The molecule has 0 atom stereocenters. The van der Waals surface area contributed by atoms with Crippen molar-refractivity contribution in [2.45, 2.75) is 31.4 Å². The van der Waals surface area contributed by atoms with Crippen LogP contribution in [0.3, 0.4) is 0 Å². The van der Waals surface area contributed by atoms with E-state index in [1.807, 2.05) is 0 Å². The van der Waals surface area contributed by atoms with Crippen molar-refractivity contribution in [3.8, 4) is 0 Å².